The van der Waals surface area contributed by atoms with Gasteiger partial charge in [-0.05, 0) is 52.1 Å². The molecule has 1 N–H and O–H groups in total. The van der Waals surface area contributed by atoms with Gasteiger partial charge in [0.1, 0.15) is 0 Å². The van der Waals surface area contributed by atoms with Gasteiger partial charge >= 0.3 is 0 Å². The highest BCUT2D eigenvalue weighted by atomic mass is 16.5. The first kappa shape index (κ1) is 12.9. The van der Waals surface area contributed by atoms with E-state index in [1.54, 1.807) is 0 Å². The summed E-state index contributed by atoms with van der Waals surface area (Å²) in [5, 5.41) is 3.43. The van der Waals surface area contributed by atoms with E-state index in [1.165, 1.54) is 19.3 Å². The van der Waals surface area contributed by atoms with E-state index in [2.05, 4.69) is 5.32 Å². The molecule has 1 fully saturated rings. The molecular formula is C12H25NO2. The van der Waals surface area contributed by atoms with Crippen molar-refractivity contribution in [2.75, 3.05) is 32.9 Å². The molecule has 0 aromatic heterocycles. The van der Waals surface area contributed by atoms with Crippen molar-refractivity contribution in [1.29, 1.82) is 0 Å². The van der Waals surface area contributed by atoms with Gasteiger partial charge in [-0.3, -0.25) is 0 Å². The van der Waals surface area contributed by atoms with Gasteiger partial charge in [-0.15, -0.1) is 0 Å². The van der Waals surface area contributed by atoms with Crippen LogP contribution in [0.25, 0.3) is 0 Å². The van der Waals surface area contributed by atoms with Crippen LogP contribution in [0.3, 0.4) is 0 Å². The van der Waals surface area contributed by atoms with Gasteiger partial charge < -0.3 is 14.8 Å². The zero-order valence-corrected chi connectivity index (χ0v) is 9.96. The Balaban J connectivity index is 1.79. The van der Waals surface area contributed by atoms with E-state index in [4.69, 9.17) is 9.47 Å². The highest BCUT2D eigenvalue weighted by molar-refractivity contribution is 4.64. The highest BCUT2D eigenvalue weighted by Crippen LogP contribution is 2.14. The Kier molecular flexibility index (Phi) is 7.88. The summed E-state index contributed by atoms with van der Waals surface area (Å²) in [6, 6.07) is 0. The van der Waals surface area contributed by atoms with Gasteiger partial charge in [0, 0.05) is 19.8 Å². The van der Waals surface area contributed by atoms with Crippen molar-refractivity contribution in [2.24, 2.45) is 0 Å². The quantitative estimate of drug-likeness (QED) is 0.628. The molecule has 0 aliphatic carbocycles. The number of hydrogen-bond donors (Lipinski definition) is 1. The molecule has 0 spiro atoms. The Hall–Kier alpha value is -0.120. The van der Waals surface area contributed by atoms with Crippen LogP contribution in [0, 0.1) is 0 Å². The Morgan fingerprint density at radius 2 is 2.27 bits per heavy atom. The minimum atomic E-state index is 0.512. The second kappa shape index (κ2) is 9.13. The van der Waals surface area contributed by atoms with Crippen LogP contribution in [0.15, 0.2) is 0 Å². The molecule has 0 radical (unpaired) electrons. The summed E-state index contributed by atoms with van der Waals surface area (Å²) in [4.78, 5) is 0. The fourth-order valence-corrected chi connectivity index (χ4v) is 1.87. The van der Waals surface area contributed by atoms with Gasteiger partial charge in [0.05, 0.1) is 6.10 Å². The molecule has 1 saturated heterocycles. The highest BCUT2D eigenvalue weighted by Gasteiger charge is 2.12. The van der Waals surface area contributed by atoms with Crippen molar-refractivity contribution < 1.29 is 9.47 Å². The topological polar surface area (TPSA) is 30.5 Å². The maximum Gasteiger partial charge on any atom is 0.0587 e. The van der Waals surface area contributed by atoms with Crippen molar-refractivity contribution >= 4 is 0 Å². The summed E-state index contributed by atoms with van der Waals surface area (Å²) in [7, 11) is 0. The monoisotopic (exact) mass is 215 g/mol. The van der Waals surface area contributed by atoms with E-state index < -0.39 is 0 Å². The second-order valence-corrected chi connectivity index (χ2v) is 4.08. The van der Waals surface area contributed by atoms with Crippen LogP contribution in [-0.2, 0) is 9.47 Å². The lowest BCUT2D eigenvalue weighted by atomic mass is 10.1. The minimum Gasteiger partial charge on any atom is -0.382 e. The Morgan fingerprint density at radius 1 is 1.33 bits per heavy atom. The molecular weight excluding hydrogens is 190 g/mol. The zero-order valence-electron chi connectivity index (χ0n) is 9.96. The number of nitrogens with one attached hydrogen (secondary N) is 1. The van der Waals surface area contributed by atoms with Gasteiger partial charge in [-0.1, -0.05) is 0 Å². The average molecular weight is 215 g/mol. The van der Waals surface area contributed by atoms with Crippen LogP contribution in [0.2, 0.25) is 0 Å². The molecule has 15 heavy (non-hydrogen) atoms. The van der Waals surface area contributed by atoms with Crippen LogP contribution in [0.4, 0.5) is 0 Å². The normalized spacial score (nSPS) is 21.8. The number of ether oxygens (including phenoxy) is 2. The van der Waals surface area contributed by atoms with Crippen LogP contribution < -0.4 is 5.32 Å². The largest absolute Gasteiger partial charge is 0.382 e. The molecule has 0 aromatic carbocycles. The fourth-order valence-electron chi connectivity index (χ4n) is 1.87. The van der Waals surface area contributed by atoms with Crippen LogP contribution in [0.5, 0.6) is 0 Å². The predicted octanol–water partition coefficient (Wildman–Crippen LogP) is 1.96. The van der Waals surface area contributed by atoms with Gasteiger partial charge in [0.2, 0.25) is 0 Å². The Morgan fingerprint density at radius 3 is 3.00 bits per heavy atom. The minimum absolute atomic E-state index is 0.512. The lowest BCUT2D eigenvalue weighted by molar-refractivity contribution is 0.0115. The maximum atomic E-state index is 5.66. The average Bonchev–Trinajstić information content (AvgIpc) is 2.29. The first-order valence-corrected chi connectivity index (χ1v) is 6.33. The summed E-state index contributed by atoms with van der Waals surface area (Å²) in [5.41, 5.74) is 0. The smallest absolute Gasteiger partial charge is 0.0587 e. The predicted molar refractivity (Wildman–Crippen MR) is 62.2 cm³/mol. The van der Waals surface area contributed by atoms with Gasteiger partial charge in [-0.2, -0.15) is 0 Å². The first-order valence-electron chi connectivity index (χ1n) is 6.33. The van der Waals surface area contributed by atoms with Crippen molar-refractivity contribution in [3.05, 3.63) is 0 Å². The molecule has 0 amide bonds. The SMILES string of the molecule is CCOCCCNCCC1CCCCO1. The maximum absolute atomic E-state index is 5.66. The molecule has 90 valence electrons. The molecule has 0 bridgehead atoms. The molecule has 1 aliphatic rings. The van der Waals surface area contributed by atoms with Crippen molar-refractivity contribution in [3.63, 3.8) is 0 Å². The van der Waals surface area contributed by atoms with Gasteiger partial charge in [-0.25, -0.2) is 0 Å². The van der Waals surface area contributed by atoms with Crippen molar-refractivity contribution in [2.45, 2.75) is 45.1 Å². The summed E-state index contributed by atoms with van der Waals surface area (Å²) >= 11 is 0. The molecule has 1 unspecified atom stereocenters. The lowest BCUT2D eigenvalue weighted by Gasteiger charge is -2.22. The molecule has 3 nitrogen and oxygen atoms in total. The number of hydrogen-bond acceptors (Lipinski definition) is 3. The van der Waals surface area contributed by atoms with E-state index in [0.717, 1.165) is 45.8 Å². The summed E-state index contributed by atoms with van der Waals surface area (Å²) in [5.74, 6) is 0. The van der Waals surface area contributed by atoms with E-state index in [0.29, 0.717) is 6.10 Å². The van der Waals surface area contributed by atoms with Crippen molar-refractivity contribution in [1.82, 2.24) is 5.32 Å². The van der Waals surface area contributed by atoms with Crippen LogP contribution in [0.1, 0.15) is 39.0 Å². The summed E-state index contributed by atoms with van der Waals surface area (Å²) in [6.45, 7) is 6.85. The van der Waals surface area contributed by atoms with Gasteiger partial charge in [0.15, 0.2) is 0 Å². The van der Waals surface area contributed by atoms with E-state index in [9.17, 15) is 0 Å². The third-order valence-electron chi connectivity index (χ3n) is 2.76. The fraction of sp³-hybridized carbons (Fsp3) is 1.00. The third-order valence-corrected chi connectivity index (χ3v) is 2.76. The standard InChI is InChI=1S/C12H25NO2/c1-2-14-10-5-8-13-9-7-12-6-3-4-11-15-12/h12-13H,2-11H2,1H3. The lowest BCUT2D eigenvalue weighted by Crippen LogP contribution is -2.26. The van der Waals surface area contributed by atoms with Gasteiger partial charge in [0.25, 0.3) is 0 Å². The molecule has 0 aromatic rings. The molecule has 1 heterocycles. The van der Waals surface area contributed by atoms with E-state index >= 15 is 0 Å². The number of rotatable bonds is 8. The second-order valence-electron chi connectivity index (χ2n) is 4.08. The Labute approximate surface area is 93.5 Å². The summed E-state index contributed by atoms with van der Waals surface area (Å²) in [6.07, 6.45) is 6.63. The third kappa shape index (κ3) is 6.88. The molecule has 1 atom stereocenters. The van der Waals surface area contributed by atoms with Crippen molar-refractivity contribution in [3.8, 4) is 0 Å². The molecule has 1 rings (SSSR count). The first-order chi connectivity index (χ1) is 7.43. The van der Waals surface area contributed by atoms with Crippen LogP contribution in [-0.4, -0.2) is 39.0 Å². The Bertz CT molecular complexity index is 136. The zero-order chi connectivity index (χ0) is 10.8. The molecule has 0 saturated carbocycles. The van der Waals surface area contributed by atoms with E-state index in [1.807, 2.05) is 6.92 Å². The van der Waals surface area contributed by atoms with Crippen LogP contribution >= 0.6 is 0 Å². The molecule has 3 heteroatoms. The van der Waals surface area contributed by atoms with E-state index in [-0.39, 0.29) is 0 Å². The summed E-state index contributed by atoms with van der Waals surface area (Å²) < 4.78 is 10.9. The molecule has 1 aliphatic heterocycles.